The average Bonchev–Trinajstić information content (AvgIpc) is 2.19. The number of carbonyl (C=O) groups is 1. The average molecular weight is 278 g/mol. The molecule has 0 bridgehead atoms. The predicted octanol–water partition coefficient (Wildman–Crippen LogP) is 1.58. The number of carboxylic acid groups (broad SMARTS) is 1. The molecule has 1 N–H and O–H groups in total. The van der Waals surface area contributed by atoms with E-state index in [-0.39, 0.29) is 5.69 Å². The second-order valence-corrected chi connectivity index (χ2v) is 5.85. The molecule has 0 aromatic heterocycles. The molecule has 0 unspecified atom stereocenters. The number of aliphatic carboxylic acids is 1. The Morgan fingerprint density at radius 2 is 1.82 bits per heavy atom. The van der Waals surface area contributed by atoms with Crippen LogP contribution in [0, 0.1) is 0 Å². The number of sulfonamides is 1. The van der Waals surface area contributed by atoms with Gasteiger partial charge in [-0.3, -0.25) is 4.31 Å². The summed E-state index contributed by atoms with van der Waals surface area (Å²) in [6.45, 7) is 1.30. The maximum Gasteiger partial charge on any atom is 0.327 e. The summed E-state index contributed by atoms with van der Waals surface area (Å²) in [4.78, 5) is 10.9. The van der Waals surface area contributed by atoms with Crippen molar-refractivity contribution in [2.24, 2.45) is 0 Å². The largest absolute Gasteiger partial charge is 0.480 e. The topological polar surface area (TPSA) is 74.7 Å². The molecule has 0 fully saturated rings. The zero-order chi connectivity index (χ0) is 13.2. The maximum atomic E-state index is 11.6. The lowest BCUT2D eigenvalue weighted by molar-refractivity contribution is -0.137. The number of halogens is 1. The summed E-state index contributed by atoms with van der Waals surface area (Å²) in [7, 11) is -3.67. The van der Waals surface area contributed by atoms with Crippen molar-refractivity contribution in [2.75, 3.05) is 10.6 Å². The highest BCUT2D eigenvalue weighted by atomic mass is 35.5. The molecule has 0 heterocycles. The Kier molecular flexibility index (Phi) is 4.00. The molecule has 1 atom stereocenters. The minimum atomic E-state index is -3.67. The first-order chi connectivity index (χ1) is 7.73. The molecule has 0 aliphatic rings. The van der Waals surface area contributed by atoms with Crippen molar-refractivity contribution in [3.63, 3.8) is 0 Å². The number of nitrogens with zero attached hydrogens (tertiary/aromatic N) is 1. The van der Waals surface area contributed by atoms with Gasteiger partial charge in [0.1, 0.15) is 6.04 Å². The van der Waals surface area contributed by atoms with Crippen LogP contribution in [0.3, 0.4) is 0 Å². The summed E-state index contributed by atoms with van der Waals surface area (Å²) < 4.78 is 24.0. The molecule has 1 aromatic rings. The third kappa shape index (κ3) is 3.34. The smallest absolute Gasteiger partial charge is 0.327 e. The molecule has 0 aliphatic carbocycles. The van der Waals surface area contributed by atoms with Crippen molar-refractivity contribution < 1.29 is 18.3 Å². The van der Waals surface area contributed by atoms with E-state index in [0.717, 1.165) is 10.6 Å². The molecule has 0 spiro atoms. The standard InChI is InChI=1S/C10H12ClNO4S/c1-7(10(13)14)12(17(2,15)16)9-5-3-8(11)4-6-9/h3-7H,1-2H3,(H,13,14)/t7-/m0/s1. The van der Waals surface area contributed by atoms with Crippen LogP contribution >= 0.6 is 11.6 Å². The van der Waals surface area contributed by atoms with Gasteiger partial charge in [-0.15, -0.1) is 0 Å². The highest BCUT2D eigenvalue weighted by molar-refractivity contribution is 7.92. The molecule has 5 nitrogen and oxygen atoms in total. The Bertz CT molecular complexity index is 512. The molecular formula is C10H12ClNO4S. The Morgan fingerprint density at radius 3 is 2.18 bits per heavy atom. The van der Waals surface area contributed by atoms with Crippen molar-refractivity contribution in [3.05, 3.63) is 29.3 Å². The number of rotatable bonds is 4. The van der Waals surface area contributed by atoms with E-state index in [1.807, 2.05) is 0 Å². The van der Waals surface area contributed by atoms with Gasteiger partial charge in [-0.2, -0.15) is 0 Å². The third-order valence-corrected chi connectivity index (χ3v) is 3.64. The summed E-state index contributed by atoms with van der Waals surface area (Å²) in [5, 5.41) is 9.35. The van der Waals surface area contributed by atoms with E-state index in [0.29, 0.717) is 5.02 Å². The Hall–Kier alpha value is -1.27. The molecule has 0 aliphatic heterocycles. The lowest BCUT2D eigenvalue weighted by Crippen LogP contribution is -2.42. The van der Waals surface area contributed by atoms with Gasteiger partial charge in [0.15, 0.2) is 0 Å². The van der Waals surface area contributed by atoms with Gasteiger partial charge in [0, 0.05) is 5.02 Å². The van der Waals surface area contributed by atoms with Crippen LogP contribution in [0.1, 0.15) is 6.92 Å². The van der Waals surface area contributed by atoms with E-state index in [1.54, 1.807) is 0 Å². The molecule has 0 saturated heterocycles. The first kappa shape index (κ1) is 13.8. The van der Waals surface area contributed by atoms with Crippen LogP contribution < -0.4 is 4.31 Å². The normalized spacial score (nSPS) is 13.1. The van der Waals surface area contributed by atoms with E-state index in [9.17, 15) is 13.2 Å². The Balaban J connectivity index is 3.25. The van der Waals surface area contributed by atoms with Gasteiger partial charge in [-0.25, -0.2) is 13.2 Å². The van der Waals surface area contributed by atoms with Crippen molar-refractivity contribution in [2.45, 2.75) is 13.0 Å². The van der Waals surface area contributed by atoms with Crippen molar-refractivity contribution >= 4 is 33.3 Å². The first-order valence-corrected chi connectivity index (χ1v) is 6.94. The first-order valence-electron chi connectivity index (χ1n) is 4.71. The Labute approximate surface area is 105 Å². The molecule has 7 heteroatoms. The van der Waals surface area contributed by atoms with Gasteiger partial charge in [-0.05, 0) is 31.2 Å². The molecule has 94 valence electrons. The monoisotopic (exact) mass is 277 g/mol. The van der Waals surface area contributed by atoms with Crippen LogP contribution in [0.4, 0.5) is 5.69 Å². The van der Waals surface area contributed by atoms with Crippen LogP contribution in [0.5, 0.6) is 0 Å². The summed E-state index contributed by atoms with van der Waals surface area (Å²) in [6, 6.07) is 4.75. The molecule has 0 amide bonds. The van der Waals surface area contributed by atoms with Crippen LogP contribution in [0.2, 0.25) is 5.02 Å². The van der Waals surface area contributed by atoms with Crippen molar-refractivity contribution in [1.82, 2.24) is 0 Å². The molecule has 0 radical (unpaired) electrons. The van der Waals surface area contributed by atoms with Crippen molar-refractivity contribution in [3.8, 4) is 0 Å². The molecule has 0 saturated carbocycles. The number of hydrogen-bond donors (Lipinski definition) is 1. The second kappa shape index (κ2) is 4.93. The van der Waals surface area contributed by atoms with Crippen LogP contribution in [0.15, 0.2) is 24.3 Å². The quantitative estimate of drug-likeness (QED) is 0.907. The van der Waals surface area contributed by atoms with E-state index in [2.05, 4.69) is 0 Å². The van der Waals surface area contributed by atoms with Gasteiger partial charge in [0.25, 0.3) is 0 Å². The fourth-order valence-electron chi connectivity index (χ4n) is 1.39. The van der Waals surface area contributed by atoms with Gasteiger partial charge in [-0.1, -0.05) is 11.6 Å². The Morgan fingerprint density at radius 1 is 1.35 bits per heavy atom. The predicted molar refractivity (Wildman–Crippen MR) is 65.9 cm³/mol. The SMILES string of the molecule is C[C@@H](C(=O)O)N(c1ccc(Cl)cc1)S(C)(=O)=O. The van der Waals surface area contributed by atoms with Gasteiger partial charge in [0.05, 0.1) is 11.9 Å². The van der Waals surface area contributed by atoms with Crippen molar-refractivity contribution in [1.29, 1.82) is 0 Å². The fraction of sp³-hybridized carbons (Fsp3) is 0.300. The maximum absolute atomic E-state index is 11.6. The third-order valence-electron chi connectivity index (χ3n) is 2.15. The van der Waals surface area contributed by atoms with Crippen LogP contribution in [0.25, 0.3) is 0 Å². The minimum Gasteiger partial charge on any atom is -0.480 e. The molecule has 1 aromatic carbocycles. The lowest BCUT2D eigenvalue weighted by Gasteiger charge is -2.26. The van der Waals surface area contributed by atoms with E-state index < -0.39 is 22.0 Å². The number of anilines is 1. The second-order valence-electron chi connectivity index (χ2n) is 3.55. The van der Waals surface area contributed by atoms with Gasteiger partial charge in [0.2, 0.25) is 10.0 Å². The summed E-state index contributed by atoms with van der Waals surface area (Å²) >= 11 is 5.69. The fourth-order valence-corrected chi connectivity index (χ4v) is 2.69. The summed E-state index contributed by atoms with van der Waals surface area (Å²) in [6.07, 6.45) is 0.959. The molecule has 1 rings (SSSR count). The highest BCUT2D eigenvalue weighted by Gasteiger charge is 2.28. The van der Waals surface area contributed by atoms with Crippen LogP contribution in [-0.2, 0) is 14.8 Å². The van der Waals surface area contributed by atoms with E-state index >= 15 is 0 Å². The summed E-state index contributed by atoms with van der Waals surface area (Å²) in [5.41, 5.74) is 0.270. The van der Waals surface area contributed by atoms with E-state index in [1.165, 1.54) is 31.2 Å². The number of benzene rings is 1. The lowest BCUT2D eigenvalue weighted by atomic mass is 10.2. The number of carboxylic acids is 1. The summed E-state index contributed by atoms with van der Waals surface area (Å²) in [5.74, 6) is -1.22. The highest BCUT2D eigenvalue weighted by Crippen LogP contribution is 2.22. The van der Waals surface area contributed by atoms with Crippen LogP contribution in [-0.4, -0.2) is 31.8 Å². The zero-order valence-electron chi connectivity index (χ0n) is 9.29. The number of hydrogen-bond acceptors (Lipinski definition) is 3. The molecular weight excluding hydrogens is 266 g/mol. The van der Waals surface area contributed by atoms with Gasteiger partial charge >= 0.3 is 5.97 Å². The van der Waals surface area contributed by atoms with E-state index in [4.69, 9.17) is 16.7 Å². The molecule has 17 heavy (non-hydrogen) atoms. The zero-order valence-corrected chi connectivity index (χ0v) is 10.9. The van der Waals surface area contributed by atoms with Gasteiger partial charge < -0.3 is 5.11 Å². The minimum absolute atomic E-state index is 0.270.